The minimum Gasteiger partial charge on any atom is -0.355 e. The van der Waals surface area contributed by atoms with Crippen LogP contribution in [0, 0.1) is 11.6 Å². The number of H-pyrrole nitrogens is 1. The van der Waals surface area contributed by atoms with E-state index in [2.05, 4.69) is 4.98 Å². The Morgan fingerprint density at radius 2 is 1.68 bits per heavy atom. The molecule has 0 saturated carbocycles. The summed E-state index contributed by atoms with van der Waals surface area (Å²) < 4.78 is 53.4. The smallest absolute Gasteiger partial charge is 0.243 e. The second-order valence-corrected chi connectivity index (χ2v) is 8.11. The monoisotopic (exact) mass is 362 g/mol. The first kappa shape index (κ1) is 16.2. The molecule has 1 fully saturated rings. The van der Waals surface area contributed by atoms with Gasteiger partial charge in [-0.15, -0.1) is 0 Å². The summed E-state index contributed by atoms with van der Waals surface area (Å²) in [5.74, 6) is -1.83. The summed E-state index contributed by atoms with van der Waals surface area (Å²) in [6.45, 7) is 1.10. The molecule has 0 spiro atoms. The molecule has 1 aromatic heterocycles. The van der Waals surface area contributed by atoms with Gasteiger partial charge < -0.3 is 4.98 Å². The lowest BCUT2D eigenvalue weighted by atomic mass is 10.1. The molecule has 25 heavy (non-hydrogen) atoms. The zero-order valence-corrected chi connectivity index (χ0v) is 14.1. The normalized spacial score (nSPS) is 15.9. The summed E-state index contributed by atoms with van der Waals surface area (Å²) in [5, 5.41) is 0.708. The molecule has 1 N–H and O–H groups in total. The molecule has 0 amide bonds. The van der Waals surface area contributed by atoms with E-state index in [1.165, 1.54) is 10.4 Å². The third-order valence-electron chi connectivity index (χ3n) is 4.53. The van der Waals surface area contributed by atoms with Crippen LogP contribution in [-0.2, 0) is 10.0 Å². The van der Waals surface area contributed by atoms with Crippen molar-refractivity contribution in [2.45, 2.75) is 17.7 Å². The summed E-state index contributed by atoms with van der Waals surface area (Å²) in [4.78, 5) is 3.36. The number of benzene rings is 2. The van der Waals surface area contributed by atoms with Gasteiger partial charge in [0.25, 0.3) is 0 Å². The molecule has 0 aliphatic carbocycles. The molecule has 2 aromatic carbocycles. The van der Waals surface area contributed by atoms with Gasteiger partial charge in [0.05, 0.1) is 4.90 Å². The highest BCUT2D eigenvalue weighted by Crippen LogP contribution is 2.29. The Bertz CT molecular complexity index is 1050. The van der Waals surface area contributed by atoms with Crippen molar-refractivity contribution in [3.05, 3.63) is 54.1 Å². The van der Waals surface area contributed by atoms with Gasteiger partial charge in [0.1, 0.15) is 0 Å². The van der Waals surface area contributed by atoms with Crippen LogP contribution in [0.5, 0.6) is 0 Å². The molecule has 130 valence electrons. The third-order valence-corrected chi connectivity index (χ3v) is 6.42. The van der Waals surface area contributed by atoms with Crippen LogP contribution in [0.4, 0.5) is 8.78 Å². The molecule has 0 atom stereocenters. The maximum Gasteiger partial charge on any atom is 0.243 e. The van der Waals surface area contributed by atoms with E-state index in [-0.39, 0.29) is 4.90 Å². The van der Waals surface area contributed by atoms with Gasteiger partial charge >= 0.3 is 0 Å². The third kappa shape index (κ3) is 2.83. The van der Waals surface area contributed by atoms with Crippen LogP contribution in [0.3, 0.4) is 0 Å². The number of fused-ring (bicyclic) bond motifs is 1. The Kier molecular flexibility index (Phi) is 3.85. The van der Waals surface area contributed by atoms with Crippen LogP contribution >= 0.6 is 0 Å². The predicted octanol–water partition coefficient (Wildman–Crippen LogP) is 3.90. The summed E-state index contributed by atoms with van der Waals surface area (Å²) in [6, 6.07) is 10.3. The number of halogens is 2. The fraction of sp³-hybridized carbons (Fsp3) is 0.222. The van der Waals surface area contributed by atoms with Crippen molar-refractivity contribution in [1.29, 1.82) is 0 Å². The van der Waals surface area contributed by atoms with Crippen LogP contribution in [0.1, 0.15) is 12.8 Å². The minimum absolute atomic E-state index is 0.248. The van der Waals surface area contributed by atoms with Gasteiger partial charge in [0, 0.05) is 35.2 Å². The van der Waals surface area contributed by atoms with Crippen molar-refractivity contribution in [2.24, 2.45) is 0 Å². The molecule has 4 nitrogen and oxygen atoms in total. The highest BCUT2D eigenvalue weighted by molar-refractivity contribution is 7.89. The molecule has 0 unspecified atom stereocenters. The van der Waals surface area contributed by atoms with E-state index in [1.807, 2.05) is 0 Å². The van der Waals surface area contributed by atoms with E-state index in [0.29, 0.717) is 29.7 Å². The van der Waals surface area contributed by atoms with Crippen LogP contribution in [0.15, 0.2) is 47.4 Å². The summed E-state index contributed by atoms with van der Waals surface area (Å²) in [6.07, 6.45) is 1.76. The van der Waals surface area contributed by atoms with Crippen molar-refractivity contribution < 1.29 is 17.2 Å². The van der Waals surface area contributed by atoms with Crippen molar-refractivity contribution in [2.75, 3.05) is 13.1 Å². The lowest BCUT2D eigenvalue weighted by molar-refractivity contribution is 0.477. The first-order valence-electron chi connectivity index (χ1n) is 8.03. The number of aromatic nitrogens is 1. The number of sulfonamides is 1. The second kappa shape index (κ2) is 5.93. The Morgan fingerprint density at radius 3 is 2.40 bits per heavy atom. The Balaban J connectivity index is 1.75. The topological polar surface area (TPSA) is 53.2 Å². The fourth-order valence-corrected chi connectivity index (χ4v) is 4.72. The van der Waals surface area contributed by atoms with Crippen molar-refractivity contribution >= 4 is 20.9 Å². The number of aromatic amines is 1. The molecule has 7 heteroatoms. The number of nitrogens with one attached hydrogen (secondary N) is 1. The number of hydrogen-bond acceptors (Lipinski definition) is 2. The molecule has 1 aliphatic heterocycles. The molecule has 1 aliphatic rings. The molecule has 1 saturated heterocycles. The first-order chi connectivity index (χ1) is 11.9. The predicted molar refractivity (Wildman–Crippen MR) is 91.6 cm³/mol. The van der Waals surface area contributed by atoms with E-state index in [0.717, 1.165) is 30.5 Å². The molecule has 0 radical (unpaired) electrons. The summed E-state index contributed by atoms with van der Waals surface area (Å²) >= 11 is 0. The molecule has 3 aromatic rings. The van der Waals surface area contributed by atoms with Crippen LogP contribution in [0.25, 0.3) is 22.2 Å². The minimum atomic E-state index is -3.49. The second-order valence-electron chi connectivity index (χ2n) is 6.17. The Hall–Kier alpha value is -2.25. The van der Waals surface area contributed by atoms with E-state index in [4.69, 9.17) is 0 Å². The molecule has 0 bridgehead atoms. The lowest BCUT2D eigenvalue weighted by Gasteiger charge is -2.15. The van der Waals surface area contributed by atoms with Gasteiger partial charge in [-0.25, -0.2) is 17.2 Å². The van der Waals surface area contributed by atoms with Gasteiger partial charge in [0.2, 0.25) is 10.0 Å². The van der Waals surface area contributed by atoms with E-state index in [1.54, 1.807) is 24.3 Å². The van der Waals surface area contributed by atoms with E-state index >= 15 is 0 Å². The molecule has 2 heterocycles. The molecule has 4 rings (SSSR count). The number of nitrogens with zero attached hydrogens (tertiary/aromatic N) is 1. The van der Waals surface area contributed by atoms with Gasteiger partial charge in [-0.3, -0.25) is 0 Å². The van der Waals surface area contributed by atoms with Crippen molar-refractivity contribution in [3.8, 4) is 11.3 Å². The molecular formula is C18H16F2N2O2S. The lowest BCUT2D eigenvalue weighted by Crippen LogP contribution is -2.27. The Labute approximate surface area is 144 Å². The maximum atomic E-state index is 13.4. The summed E-state index contributed by atoms with van der Waals surface area (Å²) in [7, 11) is -3.49. The van der Waals surface area contributed by atoms with Gasteiger partial charge in [-0.1, -0.05) is 0 Å². The fourth-order valence-electron chi connectivity index (χ4n) is 3.17. The zero-order valence-electron chi connectivity index (χ0n) is 13.3. The van der Waals surface area contributed by atoms with Gasteiger partial charge in [-0.2, -0.15) is 4.31 Å². The SMILES string of the molecule is O=S(=O)(c1ccc2[nH]c(-c3ccc(F)c(F)c3)cc2c1)N1CCCC1. The summed E-state index contributed by atoms with van der Waals surface area (Å²) in [5.41, 5.74) is 1.84. The Morgan fingerprint density at radius 1 is 0.920 bits per heavy atom. The quantitative estimate of drug-likeness (QED) is 0.768. The van der Waals surface area contributed by atoms with Crippen LogP contribution < -0.4 is 0 Å². The zero-order chi connectivity index (χ0) is 17.6. The van der Waals surface area contributed by atoms with Crippen molar-refractivity contribution in [1.82, 2.24) is 9.29 Å². The number of rotatable bonds is 3. The van der Waals surface area contributed by atoms with Crippen LogP contribution in [0.2, 0.25) is 0 Å². The highest BCUT2D eigenvalue weighted by atomic mass is 32.2. The van der Waals surface area contributed by atoms with E-state index in [9.17, 15) is 17.2 Å². The first-order valence-corrected chi connectivity index (χ1v) is 9.47. The average molecular weight is 362 g/mol. The number of hydrogen-bond donors (Lipinski definition) is 1. The largest absolute Gasteiger partial charge is 0.355 e. The molecular weight excluding hydrogens is 346 g/mol. The van der Waals surface area contributed by atoms with Gasteiger partial charge in [0.15, 0.2) is 11.6 Å². The standard InChI is InChI=1S/C18H16F2N2O2S/c19-15-5-3-12(10-16(15)20)18-11-13-9-14(4-6-17(13)21-18)25(23,24)22-7-1-2-8-22/h3-6,9-11,21H,1-2,7-8H2. The van der Waals surface area contributed by atoms with E-state index < -0.39 is 21.7 Å². The average Bonchev–Trinajstić information content (AvgIpc) is 3.26. The maximum absolute atomic E-state index is 13.4. The highest BCUT2D eigenvalue weighted by Gasteiger charge is 2.27. The van der Waals surface area contributed by atoms with Crippen molar-refractivity contribution in [3.63, 3.8) is 0 Å². The van der Waals surface area contributed by atoms with Gasteiger partial charge in [-0.05, 0) is 55.3 Å². The van der Waals surface area contributed by atoms with Crippen LogP contribution in [-0.4, -0.2) is 30.8 Å².